The molecule has 0 bridgehead atoms. The lowest BCUT2D eigenvalue weighted by Gasteiger charge is -2.33. The molecule has 5 nitrogen and oxygen atoms in total. The summed E-state index contributed by atoms with van der Waals surface area (Å²) in [5, 5.41) is 3.30. The molecule has 1 aliphatic rings. The molecule has 0 unspecified atom stereocenters. The van der Waals surface area contributed by atoms with Crippen LogP contribution in [-0.2, 0) is 22.6 Å². The maximum Gasteiger partial charge on any atom is 0.243 e. The number of rotatable bonds is 12. The predicted molar refractivity (Wildman–Crippen MR) is 152 cm³/mol. The molecule has 1 aliphatic carbocycles. The molecule has 1 fully saturated rings. The van der Waals surface area contributed by atoms with Crippen molar-refractivity contribution >= 4 is 11.8 Å². The number of nitrogens with one attached hydrogen (secondary N) is 1. The first-order valence-corrected chi connectivity index (χ1v) is 14.0. The zero-order valence-electron chi connectivity index (χ0n) is 22.5. The van der Waals surface area contributed by atoms with Gasteiger partial charge in [0.2, 0.25) is 11.8 Å². The Morgan fingerprint density at radius 2 is 1.50 bits per heavy atom. The summed E-state index contributed by atoms with van der Waals surface area (Å²) >= 11 is 0. The van der Waals surface area contributed by atoms with Crippen LogP contribution in [0.2, 0.25) is 0 Å². The fourth-order valence-corrected chi connectivity index (χ4v) is 5.07. The first-order chi connectivity index (χ1) is 18.6. The number of ether oxygens (including phenoxy) is 1. The summed E-state index contributed by atoms with van der Waals surface area (Å²) < 4.78 is 5.86. The molecule has 0 aliphatic heterocycles. The molecule has 1 saturated carbocycles. The van der Waals surface area contributed by atoms with Gasteiger partial charge in [-0.1, -0.05) is 97.6 Å². The first-order valence-electron chi connectivity index (χ1n) is 14.0. The highest BCUT2D eigenvalue weighted by molar-refractivity contribution is 5.88. The molecule has 0 spiro atoms. The van der Waals surface area contributed by atoms with Crippen LogP contribution in [0, 0.1) is 6.92 Å². The van der Waals surface area contributed by atoms with E-state index >= 15 is 0 Å². The minimum absolute atomic E-state index is 0.0268. The SMILES string of the molecule is Cc1ccc(OCCCC(=O)N(Cc2ccccc2)[C@@H](Cc2ccccc2)C(=O)NC2CCCCC2)cc1. The van der Waals surface area contributed by atoms with Gasteiger partial charge < -0.3 is 15.0 Å². The Kier molecular flexibility index (Phi) is 10.4. The Hall–Kier alpha value is -3.60. The van der Waals surface area contributed by atoms with Crippen LogP contribution in [0.15, 0.2) is 84.9 Å². The summed E-state index contributed by atoms with van der Waals surface area (Å²) in [5.74, 6) is 0.722. The second kappa shape index (κ2) is 14.4. The van der Waals surface area contributed by atoms with Gasteiger partial charge in [0.25, 0.3) is 0 Å². The van der Waals surface area contributed by atoms with Gasteiger partial charge in [-0.2, -0.15) is 0 Å². The van der Waals surface area contributed by atoms with Crippen molar-refractivity contribution in [1.29, 1.82) is 0 Å². The number of nitrogens with zero attached hydrogens (tertiary/aromatic N) is 1. The van der Waals surface area contributed by atoms with Crippen LogP contribution in [-0.4, -0.2) is 35.4 Å². The fraction of sp³-hybridized carbons (Fsp3) is 0.394. The number of carbonyl (C=O) groups is 2. The van der Waals surface area contributed by atoms with E-state index in [0.717, 1.165) is 42.6 Å². The quantitative estimate of drug-likeness (QED) is 0.292. The number of hydrogen-bond acceptors (Lipinski definition) is 3. The first kappa shape index (κ1) is 27.4. The molecule has 3 aromatic carbocycles. The van der Waals surface area contributed by atoms with Gasteiger partial charge in [-0.3, -0.25) is 9.59 Å². The molecule has 38 heavy (non-hydrogen) atoms. The van der Waals surface area contributed by atoms with Gasteiger partial charge in [0.05, 0.1) is 6.61 Å². The average Bonchev–Trinajstić information content (AvgIpc) is 2.95. The molecule has 0 heterocycles. The smallest absolute Gasteiger partial charge is 0.243 e. The van der Waals surface area contributed by atoms with E-state index in [4.69, 9.17) is 4.74 Å². The van der Waals surface area contributed by atoms with E-state index in [1.807, 2.05) is 91.9 Å². The third kappa shape index (κ3) is 8.47. The van der Waals surface area contributed by atoms with Crippen molar-refractivity contribution in [1.82, 2.24) is 10.2 Å². The van der Waals surface area contributed by atoms with Crippen LogP contribution in [0.25, 0.3) is 0 Å². The largest absolute Gasteiger partial charge is 0.494 e. The van der Waals surface area contributed by atoms with Gasteiger partial charge in [0.1, 0.15) is 11.8 Å². The Bertz CT molecular complexity index is 1130. The minimum Gasteiger partial charge on any atom is -0.494 e. The van der Waals surface area contributed by atoms with E-state index in [9.17, 15) is 9.59 Å². The van der Waals surface area contributed by atoms with Crippen molar-refractivity contribution in [2.45, 2.75) is 76.9 Å². The summed E-state index contributed by atoms with van der Waals surface area (Å²) in [6.45, 7) is 2.89. The molecule has 5 heteroatoms. The van der Waals surface area contributed by atoms with Crippen LogP contribution in [0.5, 0.6) is 5.75 Å². The fourth-order valence-electron chi connectivity index (χ4n) is 5.07. The Morgan fingerprint density at radius 1 is 0.868 bits per heavy atom. The van der Waals surface area contributed by atoms with Crippen molar-refractivity contribution in [2.24, 2.45) is 0 Å². The lowest BCUT2D eigenvalue weighted by atomic mass is 9.94. The molecule has 3 aromatic rings. The van der Waals surface area contributed by atoms with Gasteiger partial charge in [-0.05, 0) is 49.4 Å². The Morgan fingerprint density at radius 3 is 2.16 bits per heavy atom. The van der Waals surface area contributed by atoms with Gasteiger partial charge in [0.15, 0.2) is 0 Å². The highest BCUT2D eigenvalue weighted by Crippen LogP contribution is 2.20. The predicted octanol–water partition coefficient (Wildman–Crippen LogP) is 6.24. The van der Waals surface area contributed by atoms with E-state index < -0.39 is 6.04 Å². The summed E-state index contributed by atoms with van der Waals surface area (Å²) in [7, 11) is 0. The second-order valence-electron chi connectivity index (χ2n) is 10.3. The van der Waals surface area contributed by atoms with Crippen LogP contribution in [0.3, 0.4) is 0 Å². The molecular formula is C33H40N2O3. The average molecular weight is 513 g/mol. The highest BCUT2D eigenvalue weighted by atomic mass is 16.5. The molecule has 0 radical (unpaired) electrons. The van der Waals surface area contributed by atoms with Gasteiger partial charge in [-0.15, -0.1) is 0 Å². The van der Waals surface area contributed by atoms with E-state index in [2.05, 4.69) is 5.32 Å². The number of aryl methyl sites for hydroxylation is 1. The molecule has 1 atom stereocenters. The van der Waals surface area contributed by atoms with Gasteiger partial charge in [-0.25, -0.2) is 0 Å². The summed E-state index contributed by atoms with van der Waals surface area (Å²) in [6.07, 6.45) is 6.91. The van der Waals surface area contributed by atoms with E-state index in [0.29, 0.717) is 32.4 Å². The van der Waals surface area contributed by atoms with Crippen LogP contribution in [0.1, 0.15) is 61.6 Å². The number of carbonyl (C=O) groups excluding carboxylic acids is 2. The Balaban J connectivity index is 1.49. The third-order valence-electron chi connectivity index (χ3n) is 7.24. The zero-order valence-corrected chi connectivity index (χ0v) is 22.5. The molecule has 200 valence electrons. The van der Waals surface area contributed by atoms with Gasteiger partial charge in [0, 0.05) is 25.4 Å². The molecule has 4 rings (SSSR count). The molecule has 0 aromatic heterocycles. The molecule has 0 saturated heterocycles. The minimum atomic E-state index is -0.579. The lowest BCUT2D eigenvalue weighted by molar-refractivity contribution is -0.141. The lowest BCUT2D eigenvalue weighted by Crippen LogP contribution is -2.52. The number of hydrogen-bond donors (Lipinski definition) is 1. The standard InChI is InChI=1S/C33H40N2O3/c1-26-19-21-30(22-20-26)38-23-11-18-32(36)35(25-28-14-7-3-8-15-28)31(24-27-12-5-2-6-13-27)33(37)34-29-16-9-4-10-17-29/h2-3,5-8,12-15,19-22,29,31H,4,9-11,16-18,23-25H2,1H3,(H,34,37)/t31-/m0/s1. The van der Waals surface area contributed by atoms with Crippen molar-refractivity contribution in [3.05, 3.63) is 102 Å². The van der Waals surface area contributed by atoms with Gasteiger partial charge >= 0.3 is 0 Å². The summed E-state index contributed by atoms with van der Waals surface area (Å²) in [5.41, 5.74) is 3.24. The van der Waals surface area contributed by atoms with Crippen molar-refractivity contribution in [3.8, 4) is 5.75 Å². The van der Waals surface area contributed by atoms with Crippen LogP contribution in [0.4, 0.5) is 0 Å². The van der Waals surface area contributed by atoms with Crippen molar-refractivity contribution in [3.63, 3.8) is 0 Å². The summed E-state index contributed by atoms with van der Waals surface area (Å²) in [4.78, 5) is 29.3. The zero-order chi connectivity index (χ0) is 26.6. The Labute approximate surface area is 227 Å². The van der Waals surface area contributed by atoms with Crippen molar-refractivity contribution in [2.75, 3.05) is 6.61 Å². The maximum absolute atomic E-state index is 13.8. The molecule has 1 N–H and O–H groups in total. The monoisotopic (exact) mass is 512 g/mol. The normalized spacial score (nSPS) is 14.4. The third-order valence-corrected chi connectivity index (χ3v) is 7.24. The van der Waals surface area contributed by atoms with E-state index in [1.54, 1.807) is 4.90 Å². The topological polar surface area (TPSA) is 58.6 Å². The highest BCUT2D eigenvalue weighted by Gasteiger charge is 2.31. The maximum atomic E-state index is 13.8. The van der Waals surface area contributed by atoms with Crippen LogP contribution >= 0.6 is 0 Å². The van der Waals surface area contributed by atoms with E-state index in [1.165, 1.54) is 12.0 Å². The summed E-state index contributed by atoms with van der Waals surface area (Å²) in [6, 6.07) is 27.5. The van der Waals surface area contributed by atoms with Crippen molar-refractivity contribution < 1.29 is 14.3 Å². The van der Waals surface area contributed by atoms with Crippen LogP contribution < -0.4 is 10.1 Å². The number of benzene rings is 3. The van der Waals surface area contributed by atoms with E-state index in [-0.39, 0.29) is 17.9 Å². The second-order valence-corrected chi connectivity index (χ2v) is 10.3. The molecular weight excluding hydrogens is 472 g/mol. The number of amides is 2. The molecule has 2 amide bonds.